The van der Waals surface area contributed by atoms with Crippen molar-refractivity contribution in [3.63, 3.8) is 0 Å². The Morgan fingerprint density at radius 1 is 1.25 bits per heavy atom. The number of rotatable bonds is 1. The number of benzene rings is 1. The van der Waals surface area contributed by atoms with E-state index in [4.69, 9.17) is 11.6 Å². The highest BCUT2D eigenvalue weighted by Crippen LogP contribution is 2.29. The normalized spacial score (nSPS) is 16.2. The molecule has 0 bridgehead atoms. The zero-order chi connectivity index (χ0) is 11.7. The molecule has 6 heteroatoms. The van der Waals surface area contributed by atoms with E-state index in [9.17, 15) is 9.59 Å². The molecule has 1 N–H and O–H groups in total. The van der Waals surface area contributed by atoms with Crippen LogP contribution < -0.4 is 10.2 Å². The van der Waals surface area contributed by atoms with Gasteiger partial charge >= 0.3 is 0 Å². The number of piperazine rings is 1. The van der Waals surface area contributed by atoms with Crippen molar-refractivity contribution < 1.29 is 9.59 Å². The van der Waals surface area contributed by atoms with Gasteiger partial charge in [-0.1, -0.05) is 27.5 Å². The lowest BCUT2D eigenvalue weighted by atomic mass is 10.2. The lowest BCUT2D eigenvalue weighted by Gasteiger charge is -2.28. The van der Waals surface area contributed by atoms with E-state index in [1.165, 1.54) is 0 Å². The van der Waals surface area contributed by atoms with Gasteiger partial charge in [-0.05, 0) is 18.2 Å². The largest absolute Gasteiger partial charge is 0.352 e. The first kappa shape index (κ1) is 11.4. The van der Waals surface area contributed by atoms with Crippen molar-refractivity contribution in [1.29, 1.82) is 0 Å². The molecule has 1 fully saturated rings. The van der Waals surface area contributed by atoms with Gasteiger partial charge < -0.3 is 4.90 Å². The first-order chi connectivity index (χ1) is 7.56. The van der Waals surface area contributed by atoms with Crippen molar-refractivity contribution >= 4 is 45.0 Å². The molecule has 1 aromatic rings. The Morgan fingerprint density at radius 2 is 1.88 bits per heavy atom. The molecule has 16 heavy (non-hydrogen) atoms. The molecule has 0 radical (unpaired) electrons. The highest BCUT2D eigenvalue weighted by molar-refractivity contribution is 9.10. The summed E-state index contributed by atoms with van der Waals surface area (Å²) in [6.45, 7) is 0.292. The summed E-state index contributed by atoms with van der Waals surface area (Å²) in [7, 11) is 0. The Balaban J connectivity index is 2.29. The number of hydrogen-bond donors (Lipinski definition) is 1. The van der Waals surface area contributed by atoms with Crippen LogP contribution in [0.25, 0.3) is 0 Å². The molecule has 0 spiro atoms. The fourth-order valence-corrected chi connectivity index (χ4v) is 2.34. The number of anilines is 1. The third-order valence-corrected chi connectivity index (χ3v) is 2.99. The number of nitrogens with one attached hydrogen (secondary N) is 1. The van der Waals surface area contributed by atoms with E-state index < -0.39 is 0 Å². The van der Waals surface area contributed by atoms with Crippen LogP contribution in [0, 0.1) is 0 Å². The summed E-state index contributed by atoms with van der Waals surface area (Å²) in [6.07, 6.45) is 0. The Kier molecular flexibility index (Phi) is 3.16. The van der Waals surface area contributed by atoms with Gasteiger partial charge in [0.05, 0.1) is 23.8 Å². The van der Waals surface area contributed by atoms with Crippen LogP contribution in [-0.2, 0) is 9.59 Å². The maximum atomic E-state index is 11.2. The predicted octanol–water partition coefficient (Wildman–Crippen LogP) is 1.57. The van der Waals surface area contributed by atoms with Crippen molar-refractivity contribution in [2.45, 2.75) is 0 Å². The topological polar surface area (TPSA) is 49.4 Å². The fraction of sp³-hybridized carbons (Fsp3) is 0.200. The number of imide groups is 1. The molecular formula is C10H8BrClN2O2. The van der Waals surface area contributed by atoms with Crippen molar-refractivity contribution in [3.05, 3.63) is 27.7 Å². The van der Waals surface area contributed by atoms with E-state index in [2.05, 4.69) is 21.2 Å². The van der Waals surface area contributed by atoms with Crippen molar-refractivity contribution in [1.82, 2.24) is 5.32 Å². The average molecular weight is 304 g/mol. The molecule has 0 aromatic heterocycles. The average Bonchev–Trinajstić information content (AvgIpc) is 2.15. The lowest BCUT2D eigenvalue weighted by molar-refractivity contribution is -0.130. The number of nitrogens with zero attached hydrogens (tertiary/aromatic N) is 1. The summed E-state index contributed by atoms with van der Waals surface area (Å²) in [5.41, 5.74) is 0.688. The van der Waals surface area contributed by atoms with Crippen molar-refractivity contribution in [2.75, 3.05) is 18.0 Å². The molecule has 0 saturated carbocycles. The molecule has 1 saturated heterocycles. The maximum Gasteiger partial charge on any atom is 0.246 e. The van der Waals surface area contributed by atoms with Crippen LogP contribution in [0.1, 0.15) is 0 Å². The zero-order valence-electron chi connectivity index (χ0n) is 8.17. The quantitative estimate of drug-likeness (QED) is 0.801. The predicted molar refractivity (Wildman–Crippen MR) is 64.5 cm³/mol. The monoisotopic (exact) mass is 302 g/mol. The molecular weight excluding hydrogens is 295 g/mol. The summed E-state index contributed by atoms with van der Waals surface area (Å²) in [4.78, 5) is 24.1. The molecule has 4 nitrogen and oxygen atoms in total. The lowest BCUT2D eigenvalue weighted by Crippen LogP contribution is -2.51. The zero-order valence-corrected chi connectivity index (χ0v) is 10.5. The van der Waals surface area contributed by atoms with Gasteiger partial charge in [-0.25, -0.2) is 0 Å². The highest BCUT2D eigenvalue weighted by atomic mass is 79.9. The first-order valence-electron chi connectivity index (χ1n) is 4.59. The van der Waals surface area contributed by atoms with Gasteiger partial charge in [0.15, 0.2) is 0 Å². The Morgan fingerprint density at radius 3 is 2.44 bits per heavy atom. The second-order valence-electron chi connectivity index (χ2n) is 3.42. The van der Waals surface area contributed by atoms with Crippen LogP contribution in [-0.4, -0.2) is 24.9 Å². The molecule has 2 amide bonds. The molecule has 1 aliphatic heterocycles. The van der Waals surface area contributed by atoms with E-state index in [1.807, 2.05) is 6.07 Å². The van der Waals surface area contributed by atoms with Crippen LogP contribution in [0.4, 0.5) is 5.69 Å². The van der Waals surface area contributed by atoms with E-state index >= 15 is 0 Å². The summed E-state index contributed by atoms with van der Waals surface area (Å²) in [5.74, 6) is -0.620. The second kappa shape index (κ2) is 4.43. The molecule has 1 aromatic carbocycles. The minimum absolute atomic E-state index is 0.146. The smallest absolute Gasteiger partial charge is 0.246 e. The van der Waals surface area contributed by atoms with E-state index in [-0.39, 0.29) is 24.9 Å². The van der Waals surface area contributed by atoms with Gasteiger partial charge in [0.2, 0.25) is 11.8 Å². The van der Waals surface area contributed by atoms with Crippen LogP contribution in [0.3, 0.4) is 0 Å². The Bertz CT molecular complexity index is 448. The molecule has 0 unspecified atom stereocenters. The van der Waals surface area contributed by atoms with Crippen LogP contribution in [0.15, 0.2) is 22.7 Å². The minimum Gasteiger partial charge on any atom is -0.352 e. The van der Waals surface area contributed by atoms with Gasteiger partial charge in [0.25, 0.3) is 0 Å². The number of halogens is 2. The third kappa shape index (κ3) is 2.36. The molecule has 1 aliphatic rings. The third-order valence-electron chi connectivity index (χ3n) is 2.20. The first-order valence-corrected chi connectivity index (χ1v) is 5.76. The van der Waals surface area contributed by atoms with Crippen LogP contribution >= 0.6 is 27.5 Å². The van der Waals surface area contributed by atoms with Gasteiger partial charge in [0.1, 0.15) is 0 Å². The molecule has 2 rings (SSSR count). The number of carbonyl (C=O) groups is 2. The Labute approximate surface area is 106 Å². The SMILES string of the molecule is O=C1CN(c2ccc(Br)cc2Cl)CC(=O)N1. The molecule has 0 atom stereocenters. The summed E-state index contributed by atoms with van der Waals surface area (Å²) < 4.78 is 0.856. The van der Waals surface area contributed by atoms with Crippen molar-refractivity contribution in [3.8, 4) is 0 Å². The fourth-order valence-electron chi connectivity index (χ4n) is 1.55. The number of carbonyl (C=O) groups excluding carboxylic acids is 2. The van der Waals surface area contributed by atoms with E-state index in [0.717, 1.165) is 4.47 Å². The van der Waals surface area contributed by atoms with Gasteiger partial charge in [0, 0.05) is 4.47 Å². The van der Waals surface area contributed by atoms with Gasteiger partial charge in [-0.2, -0.15) is 0 Å². The summed E-state index contributed by atoms with van der Waals surface area (Å²) in [5, 5.41) is 2.75. The van der Waals surface area contributed by atoms with Crippen LogP contribution in [0.2, 0.25) is 5.02 Å². The molecule has 1 heterocycles. The van der Waals surface area contributed by atoms with Gasteiger partial charge in [-0.15, -0.1) is 0 Å². The van der Waals surface area contributed by atoms with Gasteiger partial charge in [-0.3, -0.25) is 14.9 Å². The maximum absolute atomic E-state index is 11.2. The molecule has 0 aliphatic carbocycles. The highest BCUT2D eigenvalue weighted by Gasteiger charge is 2.23. The molecule has 84 valence electrons. The number of hydrogen-bond acceptors (Lipinski definition) is 3. The van der Waals surface area contributed by atoms with Crippen molar-refractivity contribution in [2.24, 2.45) is 0 Å². The van der Waals surface area contributed by atoms with E-state index in [0.29, 0.717) is 10.7 Å². The Hall–Kier alpha value is -1.07. The minimum atomic E-state index is -0.310. The summed E-state index contributed by atoms with van der Waals surface area (Å²) in [6, 6.07) is 5.32. The summed E-state index contributed by atoms with van der Waals surface area (Å²) >= 11 is 9.34. The van der Waals surface area contributed by atoms with Crippen LogP contribution in [0.5, 0.6) is 0 Å². The second-order valence-corrected chi connectivity index (χ2v) is 4.75. The number of amides is 2. The standard InChI is InChI=1S/C10H8BrClN2O2/c11-6-1-2-8(7(12)3-6)14-4-9(15)13-10(16)5-14/h1-3H,4-5H2,(H,13,15,16). The van der Waals surface area contributed by atoms with E-state index in [1.54, 1.807) is 17.0 Å².